The molecular formula is C18H17FN2O5. The monoisotopic (exact) mass is 360 g/mol. The zero-order valence-corrected chi connectivity index (χ0v) is 14.0. The van der Waals surface area contributed by atoms with Crippen LogP contribution in [-0.4, -0.2) is 31.0 Å². The van der Waals surface area contributed by atoms with Crippen molar-refractivity contribution < 1.29 is 28.2 Å². The molecule has 2 aromatic rings. The highest BCUT2D eigenvalue weighted by molar-refractivity contribution is 5.95. The van der Waals surface area contributed by atoms with Gasteiger partial charge in [-0.05, 0) is 55.5 Å². The first-order valence-electron chi connectivity index (χ1n) is 7.74. The molecule has 0 aromatic heterocycles. The Kier molecular flexibility index (Phi) is 6.67. The molecule has 136 valence electrons. The van der Waals surface area contributed by atoms with E-state index in [-0.39, 0.29) is 18.8 Å². The Labute approximate surface area is 149 Å². The van der Waals surface area contributed by atoms with Crippen LogP contribution in [0.2, 0.25) is 0 Å². The lowest BCUT2D eigenvalue weighted by molar-refractivity contribution is -0.123. The van der Waals surface area contributed by atoms with Crippen LogP contribution in [0, 0.1) is 5.82 Å². The van der Waals surface area contributed by atoms with Gasteiger partial charge in [-0.3, -0.25) is 20.4 Å². The molecule has 0 heterocycles. The fourth-order valence-electron chi connectivity index (χ4n) is 1.89. The first-order chi connectivity index (χ1) is 12.5. The van der Waals surface area contributed by atoms with Crippen LogP contribution < -0.4 is 15.6 Å². The average Bonchev–Trinajstić information content (AvgIpc) is 2.65. The van der Waals surface area contributed by atoms with Gasteiger partial charge in [0.25, 0.3) is 11.8 Å². The molecule has 2 amide bonds. The van der Waals surface area contributed by atoms with Crippen LogP contribution in [-0.2, 0) is 9.53 Å². The summed E-state index contributed by atoms with van der Waals surface area (Å²) in [6, 6.07) is 10.9. The number of amides is 2. The van der Waals surface area contributed by atoms with Crippen molar-refractivity contribution in [2.45, 2.75) is 6.92 Å². The van der Waals surface area contributed by atoms with Gasteiger partial charge in [-0.1, -0.05) is 0 Å². The summed E-state index contributed by atoms with van der Waals surface area (Å²) in [5.41, 5.74) is 4.94. The Morgan fingerprint density at radius 3 is 2.15 bits per heavy atom. The van der Waals surface area contributed by atoms with Crippen LogP contribution in [0.4, 0.5) is 4.39 Å². The number of hydrogen-bond acceptors (Lipinski definition) is 5. The van der Waals surface area contributed by atoms with Gasteiger partial charge < -0.3 is 9.47 Å². The fraction of sp³-hybridized carbons (Fsp3) is 0.167. The zero-order chi connectivity index (χ0) is 18.9. The smallest absolute Gasteiger partial charge is 0.338 e. The van der Waals surface area contributed by atoms with E-state index >= 15 is 0 Å². The normalized spacial score (nSPS) is 9.92. The van der Waals surface area contributed by atoms with Crippen LogP contribution in [0.1, 0.15) is 27.6 Å². The quantitative estimate of drug-likeness (QED) is 0.606. The highest BCUT2D eigenvalue weighted by Gasteiger charge is 2.09. The van der Waals surface area contributed by atoms with Crippen molar-refractivity contribution >= 4 is 17.8 Å². The topological polar surface area (TPSA) is 93.7 Å². The van der Waals surface area contributed by atoms with E-state index in [1.165, 1.54) is 36.4 Å². The van der Waals surface area contributed by atoms with Gasteiger partial charge >= 0.3 is 5.97 Å². The van der Waals surface area contributed by atoms with Gasteiger partial charge in [-0.15, -0.1) is 0 Å². The first kappa shape index (κ1) is 18.9. The lowest BCUT2D eigenvalue weighted by atomic mass is 10.2. The van der Waals surface area contributed by atoms with Gasteiger partial charge in [0.15, 0.2) is 6.61 Å². The Bertz CT molecular complexity index is 775. The van der Waals surface area contributed by atoms with Gasteiger partial charge in [-0.25, -0.2) is 9.18 Å². The molecule has 0 bridgehead atoms. The number of halogens is 1. The molecule has 2 rings (SSSR count). The number of benzene rings is 2. The van der Waals surface area contributed by atoms with Gasteiger partial charge in [0, 0.05) is 5.56 Å². The van der Waals surface area contributed by atoms with E-state index in [9.17, 15) is 18.8 Å². The highest BCUT2D eigenvalue weighted by atomic mass is 19.1. The van der Waals surface area contributed by atoms with Gasteiger partial charge in [0.05, 0.1) is 12.2 Å². The molecule has 0 radical (unpaired) electrons. The number of rotatable bonds is 6. The third-order valence-corrected chi connectivity index (χ3v) is 3.16. The average molecular weight is 360 g/mol. The van der Waals surface area contributed by atoms with E-state index in [4.69, 9.17) is 9.47 Å². The molecule has 0 aliphatic rings. The van der Waals surface area contributed by atoms with Crippen LogP contribution in [0.5, 0.6) is 5.75 Å². The maximum Gasteiger partial charge on any atom is 0.338 e. The minimum atomic E-state index is -0.588. The van der Waals surface area contributed by atoms with Crippen molar-refractivity contribution in [3.05, 3.63) is 65.5 Å². The molecule has 2 N–H and O–H groups in total. The summed E-state index contributed by atoms with van der Waals surface area (Å²) in [7, 11) is 0. The van der Waals surface area contributed by atoms with Crippen molar-refractivity contribution in [2.75, 3.05) is 13.2 Å². The molecule has 0 unspecified atom stereocenters. The second-order valence-corrected chi connectivity index (χ2v) is 5.04. The molecular weight excluding hydrogens is 343 g/mol. The maximum absolute atomic E-state index is 12.8. The molecule has 8 heteroatoms. The third kappa shape index (κ3) is 5.59. The molecule has 0 spiro atoms. The van der Waals surface area contributed by atoms with Crippen molar-refractivity contribution in [3.63, 3.8) is 0 Å². The molecule has 2 aromatic carbocycles. The SMILES string of the molecule is CCOC(=O)c1ccc(OCC(=O)NNC(=O)c2ccc(F)cc2)cc1. The minimum absolute atomic E-state index is 0.196. The molecule has 7 nitrogen and oxygen atoms in total. The van der Waals surface area contributed by atoms with E-state index in [0.29, 0.717) is 11.3 Å². The summed E-state index contributed by atoms with van der Waals surface area (Å²) in [6.07, 6.45) is 0. The van der Waals surface area contributed by atoms with Crippen LogP contribution >= 0.6 is 0 Å². The number of hydrogen-bond donors (Lipinski definition) is 2. The summed E-state index contributed by atoms with van der Waals surface area (Å²) in [5.74, 6) is -1.71. The molecule has 0 aliphatic carbocycles. The summed E-state index contributed by atoms with van der Waals surface area (Å²) in [5, 5.41) is 0. The van der Waals surface area contributed by atoms with Crippen molar-refractivity contribution in [1.82, 2.24) is 10.9 Å². The van der Waals surface area contributed by atoms with Crippen LogP contribution in [0.15, 0.2) is 48.5 Å². The highest BCUT2D eigenvalue weighted by Crippen LogP contribution is 2.12. The van der Waals surface area contributed by atoms with Gasteiger partial charge in [0.1, 0.15) is 11.6 Å². The lowest BCUT2D eigenvalue weighted by Gasteiger charge is -2.09. The molecule has 0 fully saturated rings. The maximum atomic E-state index is 12.8. The molecule has 0 saturated carbocycles. The molecule has 0 atom stereocenters. The van der Waals surface area contributed by atoms with E-state index in [2.05, 4.69) is 10.9 Å². The molecule has 0 saturated heterocycles. The lowest BCUT2D eigenvalue weighted by Crippen LogP contribution is -2.43. The summed E-state index contributed by atoms with van der Waals surface area (Å²) in [4.78, 5) is 35.0. The number of carbonyl (C=O) groups excluding carboxylic acids is 3. The van der Waals surface area contributed by atoms with Gasteiger partial charge in [-0.2, -0.15) is 0 Å². The predicted octanol–water partition coefficient (Wildman–Crippen LogP) is 1.84. The Morgan fingerprint density at radius 2 is 1.54 bits per heavy atom. The van der Waals surface area contributed by atoms with Gasteiger partial charge in [0.2, 0.25) is 0 Å². The summed E-state index contributed by atoms with van der Waals surface area (Å²) in [6.45, 7) is 1.65. The zero-order valence-electron chi connectivity index (χ0n) is 14.0. The number of esters is 1. The minimum Gasteiger partial charge on any atom is -0.484 e. The van der Waals surface area contributed by atoms with E-state index in [0.717, 1.165) is 12.1 Å². The third-order valence-electron chi connectivity index (χ3n) is 3.16. The van der Waals surface area contributed by atoms with E-state index in [1.54, 1.807) is 6.92 Å². The summed E-state index contributed by atoms with van der Waals surface area (Å²) >= 11 is 0. The molecule has 26 heavy (non-hydrogen) atoms. The second-order valence-electron chi connectivity index (χ2n) is 5.04. The number of ether oxygens (including phenoxy) is 2. The fourth-order valence-corrected chi connectivity index (χ4v) is 1.89. The Hall–Kier alpha value is -3.42. The van der Waals surface area contributed by atoms with Crippen molar-refractivity contribution in [1.29, 1.82) is 0 Å². The second kappa shape index (κ2) is 9.16. The van der Waals surface area contributed by atoms with Crippen molar-refractivity contribution in [2.24, 2.45) is 0 Å². The summed E-state index contributed by atoms with van der Waals surface area (Å²) < 4.78 is 22.9. The Balaban J connectivity index is 1.77. The number of nitrogens with one attached hydrogen (secondary N) is 2. The Morgan fingerprint density at radius 1 is 0.923 bits per heavy atom. The largest absolute Gasteiger partial charge is 0.484 e. The number of carbonyl (C=O) groups is 3. The van der Waals surface area contributed by atoms with E-state index in [1.807, 2.05) is 0 Å². The standard InChI is InChI=1S/C18H17FN2O5/c1-2-25-18(24)13-5-9-15(10-6-13)26-11-16(22)20-21-17(23)12-3-7-14(19)8-4-12/h3-10H,2,11H2,1H3,(H,20,22)(H,21,23). The van der Waals surface area contributed by atoms with Crippen molar-refractivity contribution in [3.8, 4) is 5.75 Å². The van der Waals surface area contributed by atoms with Crippen LogP contribution in [0.25, 0.3) is 0 Å². The molecule has 0 aliphatic heterocycles. The van der Waals surface area contributed by atoms with E-state index < -0.39 is 23.6 Å². The van der Waals surface area contributed by atoms with Crippen LogP contribution in [0.3, 0.4) is 0 Å². The number of hydrazine groups is 1. The first-order valence-corrected chi connectivity index (χ1v) is 7.74. The predicted molar refractivity (Wildman–Crippen MR) is 89.9 cm³/mol.